The van der Waals surface area contributed by atoms with Gasteiger partial charge in [0.1, 0.15) is 0 Å². The van der Waals surface area contributed by atoms with Crippen LogP contribution < -0.4 is 5.32 Å². The third-order valence-electron chi connectivity index (χ3n) is 3.27. The lowest BCUT2D eigenvalue weighted by molar-refractivity contribution is -0.122. The predicted octanol–water partition coefficient (Wildman–Crippen LogP) is 0.0216. The molecule has 0 aromatic rings. The summed E-state index contributed by atoms with van der Waals surface area (Å²) in [7, 11) is -2.94. The summed E-state index contributed by atoms with van der Waals surface area (Å²) in [5.41, 5.74) is -0.274. The summed E-state index contributed by atoms with van der Waals surface area (Å²) in [6, 6.07) is 0. The third-order valence-corrected chi connectivity index (χ3v) is 4.95. The number of hydrogen-bond acceptors (Lipinski definition) is 4. The van der Waals surface area contributed by atoms with Gasteiger partial charge in [0, 0.05) is 37.3 Å². The van der Waals surface area contributed by atoms with Gasteiger partial charge in [-0.1, -0.05) is 6.92 Å². The Bertz CT molecular complexity index is 376. The van der Waals surface area contributed by atoms with Crippen molar-refractivity contribution < 1.29 is 13.2 Å². The molecule has 1 heterocycles. The summed E-state index contributed by atoms with van der Waals surface area (Å²) in [5, 5.41) is 2.81. The molecular formula is C11H22N2O3S. The maximum absolute atomic E-state index is 11.5. The molecule has 1 fully saturated rings. The lowest BCUT2D eigenvalue weighted by Crippen LogP contribution is -2.46. The molecule has 0 aromatic heterocycles. The molecule has 0 atom stereocenters. The first-order chi connectivity index (χ1) is 7.77. The van der Waals surface area contributed by atoms with Gasteiger partial charge in [0.2, 0.25) is 5.91 Å². The highest BCUT2D eigenvalue weighted by Crippen LogP contribution is 2.20. The second kappa shape index (κ2) is 5.35. The van der Waals surface area contributed by atoms with Gasteiger partial charge in [-0.25, -0.2) is 8.42 Å². The van der Waals surface area contributed by atoms with Crippen molar-refractivity contribution in [2.75, 3.05) is 31.1 Å². The molecule has 0 radical (unpaired) electrons. The van der Waals surface area contributed by atoms with Gasteiger partial charge in [-0.15, -0.1) is 0 Å². The van der Waals surface area contributed by atoms with E-state index in [1.54, 1.807) is 6.92 Å². The fraction of sp³-hybridized carbons (Fsp3) is 0.909. The molecule has 1 amide bonds. The fourth-order valence-corrected chi connectivity index (χ4v) is 2.80. The average molecular weight is 262 g/mol. The van der Waals surface area contributed by atoms with E-state index in [1.807, 2.05) is 13.8 Å². The van der Waals surface area contributed by atoms with E-state index in [9.17, 15) is 13.2 Å². The predicted molar refractivity (Wildman–Crippen MR) is 67.6 cm³/mol. The molecule has 0 bridgehead atoms. The van der Waals surface area contributed by atoms with Gasteiger partial charge in [0.05, 0.1) is 5.75 Å². The second-order valence-electron chi connectivity index (χ2n) is 5.06. The lowest BCUT2D eigenvalue weighted by Gasteiger charge is -2.35. The minimum absolute atomic E-state index is 0.0378. The lowest BCUT2D eigenvalue weighted by atomic mass is 9.98. The Kier molecular flexibility index (Phi) is 4.55. The normalized spacial score (nSPS) is 21.9. The van der Waals surface area contributed by atoms with Gasteiger partial charge in [-0.3, -0.25) is 9.69 Å². The molecule has 0 aliphatic carbocycles. The molecule has 1 rings (SSSR count). The smallest absolute Gasteiger partial charge is 0.221 e. The van der Waals surface area contributed by atoms with Gasteiger partial charge >= 0.3 is 0 Å². The van der Waals surface area contributed by atoms with Crippen LogP contribution in [0.1, 0.15) is 27.2 Å². The molecule has 5 nitrogen and oxygen atoms in total. The van der Waals surface area contributed by atoms with Crippen LogP contribution in [0.4, 0.5) is 0 Å². The van der Waals surface area contributed by atoms with E-state index in [0.29, 0.717) is 26.1 Å². The van der Waals surface area contributed by atoms with E-state index in [4.69, 9.17) is 0 Å². The highest BCUT2D eigenvalue weighted by Gasteiger charge is 2.32. The highest BCUT2D eigenvalue weighted by molar-refractivity contribution is 7.91. The van der Waals surface area contributed by atoms with Crippen LogP contribution in [-0.4, -0.2) is 55.9 Å². The Balaban J connectivity index is 2.65. The number of nitrogens with one attached hydrogen (secondary N) is 1. The van der Waals surface area contributed by atoms with Crippen molar-refractivity contribution >= 4 is 15.7 Å². The number of amides is 1. The zero-order chi connectivity index (χ0) is 13.1. The molecule has 6 heteroatoms. The number of carbonyl (C=O) groups excluding carboxylic acids is 1. The van der Waals surface area contributed by atoms with E-state index in [-0.39, 0.29) is 23.0 Å². The molecule has 1 saturated heterocycles. The van der Waals surface area contributed by atoms with Crippen molar-refractivity contribution in [1.29, 1.82) is 0 Å². The van der Waals surface area contributed by atoms with Gasteiger partial charge < -0.3 is 5.32 Å². The zero-order valence-electron chi connectivity index (χ0n) is 10.8. The van der Waals surface area contributed by atoms with E-state index in [0.717, 1.165) is 0 Å². The molecule has 0 aromatic carbocycles. The Morgan fingerprint density at radius 2 is 2.06 bits per heavy atom. The molecule has 0 unspecified atom stereocenters. The van der Waals surface area contributed by atoms with Crippen molar-refractivity contribution in [3.63, 3.8) is 0 Å². The monoisotopic (exact) mass is 262 g/mol. The third kappa shape index (κ3) is 4.27. The standard InChI is InChI=1S/C11H22N2O3S/c1-4-17(15,16)8-7-13-6-5-12-10(14)9-11(13,2)3/h4-9H2,1-3H3,(H,12,14). The highest BCUT2D eigenvalue weighted by atomic mass is 32.2. The summed E-state index contributed by atoms with van der Waals surface area (Å²) in [4.78, 5) is 13.5. The van der Waals surface area contributed by atoms with Crippen molar-refractivity contribution in [3.8, 4) is 0 Å². The molecular weight excluding hydrogens is 240 g/mol. The van der Waals surface area contributed by atoms with Crippen LogP contribution >= 0.6 is 0 Å². The largest absolute Gasteiger partial charge is 0.355 e. The van der Waals surface area contributed by atoms with E-state index < -0.39 is 9.84 Å². The van der Waals surface area contributed by atoms with E-state index in [1.165, 1.54) is 0 Å². The van der Waals surface area contributed by atoms with Crippen molar-refractivity contribution in [2.24, 2.45) is 0 Å². The molecule has 0 spiro atoms. The van der Waals surface area contributed by atoms with Crippen LogP contribution in [0.2, 0.25) is 0 Å². The average Bonchev–Trinajstić information content (AvgIpc) is 2.33. The Morgan fingerprint density at radius 3 is 2.65 bits per heavy atom. The van der Waals surface area contributed by atoms with Crippen LogP contribution in [0, 0.1) is 0 Å². The zero-order valence-corrected chi connectivity index (χ0v) is 11.6. The molecule has 100 valence electrons. The fourth-order valence-electron chi connectivity index (χ4n) is 2.01. The van der Waals surface area contributed by atoms with Crippen LogP contribution in [0.3, 0.4) is 0 Å². The summed E-state index contributed by atoms with van der Waals surface area (Å²) in [6.45, 7) is 7.42. The second-order valence-corrected chi connectivity index (χ2v) is 7.54. The molecule has 1 aliphatic rings. The van der Waals surface area contributed by atoms with Gasteiger partial charge in [-0.2, -0.15) is 0 Å². The van der Waals surface area contributed by atoms with Crippen molar-refractivity contribution in [2.45, 2.75) is 32.7 Å². The summed E-state index contributed by atoms with van der Waals surface area (Å²) >= 11 is 0. The Labute approximate surface area is 103 Å². The minimum atomic E-state index is -2.94. The quantitative estimate of drug-likeness (QED) is 0.776. The summed E-state index contributed by atoms with van der Waals surface area (Å²) < 4.78 is 23.0. The number of carbonyl (C=O) groups is 1. The van der Waals surface area contributed by atoms with Crippen molar-refractivity contribution in [3.05, 3.63) is 0 Å². The SMILES string of the molecule is CCS(=O)(=O)CCN1CCNC(=O)CC1(C)C. The first kappa shape index (κ1) is 14.4. The van der Waals surface area contributed by atoms with E-state index >= 15 is 0 Å². The summed E-state index contributed by atoms with van der Waals surface area (Å²) in [6.07, 6.45) is 0.416. The van der Waals surface area contributed by atoms with Gasteiger partial charge in [0.25, 0.3) is 0 Å². The summed E-state index contributed by atoms with van der Waals surface area (Å²) in [5.74, 6) is 0.385. The Hall–Kier alpha value is -0.620. The molecule has 0 saturated carbocycles. The number of rotatable bonds is 4. The first-order valence-electron chi connectivity index (χ1n) is 5.99. The number of hydrogen-bond donors (Lipinski definition) is 1. The van der Waals surface area contributed by atoms with Gasteiger partial charge in [-0.05, 0) is 13.8 Å². The maximum Gasteiger partial charge on any atom is 0.221 e. The topological polar surface area (TPSA) is 66.5 Å². The number of sulfone groups is 1. The van der Waals surface area contributed by atoms with Crippen LogP contribution in [0.15, 0.2) is 0 Å². The van der Waals surface area contributed by atoms with Gasteiger partial charge in [0.15, 0.2) is 9.84 Å². The van der Waals surface area contributed by atoms with Crippen LogP contribution in [0.25, 0.3) is 0 Å². The van der Waals surface area contributed by atoms with Crippen LogP contribution in [-0.2, 0) is 14.6 Å². The molecule has 17 heavy (non-hydrogen) atoms. The Morgan fingerprint density at radius 1 is 1.41 bits per heavy atom. The van der Waals surface area contributed by atoms with Crippen LogP contribution in [0.5, 0.6) is 0 Å². The molecule has 1 aliphatic heterocycles. The minimum Gasteiger partial charge on any atom is -0.355 e. The first-order valence-corrected chi connectivity index (χ1v) is 7.81. The number of nitrogens with zero attached hydrogens (tertiary/aromatic N) is 1. The maximum atomic E-state index is 11.5. The van der Waals surface area contributed by atoms with Crippen molar-refractivity contribution in [1.82, 2.24) is 10.2 Å². The molecule has 1 N–H and O–H groups in total. The van der Waals surface area contributed by atoms with E-state index in [2.05, 4.69) is 10.2 Å².